The highest BCUT2D eigenvalue weighted by Gasteiger charge is 2.21. The molecular weight excluding hydrogens is 324 g/mol. The van der Waals surface area contributed by atoms with Crippen LogP contribution in [0, 0.1) is 5.92 Å². The van der Waals surface area contributed by atoms with E-state index in [1.54, 1.807) is 0 Å². The molecule has 0 saturated carbocycles. The SMILES string of the molecule is CC(C)C[C@@H](C(=O)Nc1ccc(N2CCN(C)CC2)cc1)n1cccc1. The minimum absolute atomic E-state index is 0.0437. The van der Waals surface area contributed by atoms with E-state index in [1.165, 1.54) is 5.69 Å². The standard InChI is InChI=1S/C21H30N4O/c1-17(2)16-20(25-10-4-5-11-25)21(26)22-18-6-8-19(9-7-18)24-14-12-23(3)13-15-24/h4-11,17,20H,12-16H2,1-3H3,(H,22,26)/t20-/m0/s1. The molecule has 5 heteroatoms. The number of amides is 1. The van der Waals surface area contributed by atoms with Crippen molar-refractivity contribution in [1.82, 2.24) is 9.47 Å². The molecule has 1 aromatic heterocycles. The van der Waals surface area contributed by atoms with Crippen LogP contribution >= 0.6 is 0 Å². The van der Waals surface area contributed by atoms with E-state index in [0.717, 1.165) is 38.3 Å². The fourth-order valence-electron chi connectivity index (χ4n) is 3.41. The second-order valence-electron chi connectivity index (χ2n) is 7.60. The molecule has 5 nitrogen and oxygen atoms in total. The topological polar surface area (TPSA) is 40.5 Å². The lowest BCUT2D eigenvalue weighted by Crippen LogP contribution is -2.44. The first-order valence-corrected chi connectivity index (χ1v) is 9.50. The largest absolute Gasteiger partial charge is 0.369 e. The van der Waals surface area contributed by atoms with Crippen LogP contribution in [0.25, 0.3) is 0 Å². The molecule has 0 unspecified atom stereocenters. The summed E-state index contributed by atoms with van der Waals surface area (Å²) in [5, 5.41) is 3.09. The monoisotopic (exact) mass is 354 g/mol. The maximum Gasteiger partial charge on any atom is 0.247 e. The number of nitrogens with zero attached hydrogens (tertiary/aromatic N) is 3. The number of benzene rings is 1. The molecule has 1 aromatic carbocycles. The Balaban J connectivity index is 1.64. The van der Waals surface area contributed by atoms with Crippen LogP contribution in [0.5, 0.6) is 0 Å². The van der Waals surface area contributed by atoms with E-state index in [1.807, 2.05) is 41.2 Å². The predicted molar refractivity (Wildman–Crippen MR) is 108 cm³/mol. The molecule has 0 aliphatic carbocycles. The summed E-state index contributed by atoms with van der Waals surface area (Å²) < 4.78 is 1.99. The number of hydrogen-bond donors (Lipinski definition) is 1. The molecule has 140 valence electrons. The van der Waals surface area contributed by atoms with Crippen LogP contribution in [0.4, 0.5) is 11.4 Å². The Morgan fingerprint density at radius 2 is 1.65 bits per heavy atom. The van der Waals surface area contributed by atoms with E-state index in [4.69, 9.17) is 0 Å². The Bertz CT molecular complexity index is 685. The summed E-state index contributed by atoms with van der Waals surface area (Å²) in [4.78, 5) is 17.6. The third-order valence-corrected chi connectivity index (χ3v) is 4.99. The van der Waals surface area contributed by atoms with Crippen LogP contribution in [0.1, 0.15) is 26.3 Å². The van der Waals surface area contributed by atoms with Gasteiger partial charge in [-0.2, -0.15) is 0 Å². The van der Waals surface area contributed by atoms with E-state index >= 15 is 0 Å². The number of nitrogens with one attached hydrogen (secondary N) is 1. The lowest BCUT2D eigenvalue weighted by molar-refractivity contribution is -0.119. The van der Waals surface area contributed by atoms with Gasteiger partial charge in [0.15, 0.2) is 0 Å². The Hall–Kier alpha value is -2.27. The zero-order valence-electron chi connectivity index (χ0n) is 16.1. The summed E-state index contributed by atoms with van der Waals surface area (Å²) in [6.45, 7) is 8.57. The molecule has 1 amide bonds. The van der Waals surface area contributed by atoms with Crippen molar-refractivity contribution in [3.05, 3.63) is 48.8 Å². The summed E-state index contributed by atoms with van der Waals surface area (Å²) in [5.41, 5.74) is 2.08. The van der Waals surface area contributed by atoms with Crippen molar-refractivity contribution in [2.24, 2.45) is 5.92 Å². The molecule has 1 N–H and O–H groups in total. The van der Waals surface area contributed by atoms with Gasteiger partial charge in [-0.25, -0.2) is 0 Å². The lowest BCUT2D eigenvalue weighted by atomic mass is 10.0. The van der Waals surface area contributed by atoms with Gasteiger partial charge in [0.25, 0.3) is 0 Å². The van der Waals surface area contributed by atoms with Crippen LogP contribution in [0.15, 0.2) is 48.8 Å². The molecule has 0 radical (unpaired) electrons. The van der Waals surface area contributed by atoms with E-state index in [0.29, 0.717) is 5.92 Å². The van der Waals surface area contributed by atoms with E-state index < -0.39 is 0 Å². The second-order valence-corrected chi connectivity index (χ2v) is 7.60. The van der Waals surface area contributed by atoms with Gasteiger partial charge in [0.1, 0.15) is 6.04 Å². The molecule has 2 heterocycles. The normalized spacial score (nSPS) is 16.7. The Morgan fingerprint density at radius 1 is 1.04 bits per heavy atom. The molecule has 1 saturated heterocycles. The van der Waals surface area contributed by atoms with Crippen molar-refractivity contribution < 1.29 is 4.79 Å². The van der Waals surface area contributed by atoms with Crippen LogP contribution in [-0.2, 0) is 4.79 Å². The fraction of sp³-hybridized carbons (Fsp3) is 0.476. The molecule has 1 aliphatic heterocycles. The van der Waals surface area contributed by atoms with Crippen LogP contribution in [-0.4, -0.2) is 48.6 Å². The average Bonchev–Trinajstić information content (AvgIpc) is 3.15. The van der Waals surface area contributed by atoms with E-state index in [-0.39, 0.29) is 11.9 Å². The van der Waals surface area contributed by atoms with Gasteiger partial charge in [-0.3, -0.25) is 4.79 Å². The number of hydrogen-bond acceptors (Lipinski definition) is 3. The van der Waals surface area contributed by atoms with Crippen molar-refractivity contribution in [1.29, 1.82) is 0 Å². The molecular formula is C21H30N4O. The molecule has 0 spiro atoms. The van der Waals surface area contributed by atoms with Gasteiger partial charge in [-0.05, 0) is 55.8 Å². The van der Waals surface area contributed by atoms with E-state index in [2.05, 4.69) is 48.1 Å². The van der Waals surface area contributed by atoms with Crippen molar-refractivity contribution >= 4 is 17.3 Å². The van der Waals surface area contributed by atoms with Crippen molar-refractivity contribution in [3.63, 3.8) is 0 Å². The maximum atomic E-state index is 12.8. The molecule has 1 aliphatic rings. The van der Waals surface area contributed by atoms with Gasteiger partial charge >= 0.3 is 0 Å². The molecule has 26 heavy (non-hydrogen) atoms. The van der Waals surface area contributed by atoms with Crippen LogP contribution in [0.3, 0.4) is 0 Å². The maximum absolute atomic E-state index is 12.8. The Labute approximate surface area is 156 Å². The van der Waals surface area contributed by atoms with Gasteiger partial charge in [-0.1, -0.05) is 13.8 Å². The number of aromatic nitrogens is 1. The number of rotatable bonds is 6. The number of piperazine rings is 1. The molecule has 1 fully saturated rings. The highest BCUT2D eigenvalue weighted by atomic mass is 16.2. The lowest BCUT2D eigenvalue weighted by Gasteiger charge is -2.34. The first-order chi connectivity index (χ1) is 12.5. The molecule has 2 aromatic rings. The summed E-state index contributed by atoms with van der Waals surface area (Å²) in [6, 6.07) is 12.0. The quantitative estimate of drug-likeness (QED) is 0.864. The van der Waals surface area contributed by atoms with Crippen LogP contribution in [0.2, 0.25) is 0 Å². The second kappa shape index (κ2) is 8.41. The van der Waals surface area contributed by atoms with Gasteiger partial charge in [0.2, 0.25) is 5.91 Å². The zero-order valence-corrected chi connectivity index (χ0v) is 16.1. The van der Waals surface area contributed by atoms with Crippen molar-refractivity contribution in [2.75, 3.05) is 43.4 Å². The Morgan fingerprint density at radius 3 is 2.23 bits per heavy atom. The summed E-state index contributed by atoms with van der Waals surface area (Å²) in [5.74, 6) is 0.495. The minimum atomic E-state index is -0.178. The Kier molecular flexibility index (Phi) is 5.99. The smallest absolute Gasteiger partial charge is 0.247 e. The van der Waals surface area contributed by atoms with Crippen molar-refractivity contribution in [3.8, 4) is 0 Å². The number of likely N-dealkylation sites (N-methyl/N-ethyl adjacent to an activating group) is 1. The number of carbonyl (C=O) groups is 1. The molecule has 3 rings (SSSR count). The van der Waals surface area contributed by atoms with E-state index in [9.17, 15) is 4.79 Å². The predicted octanol–water partition coefficient (Wildman–Crippen LogP) is 3.47. The molecule has 1 atom stereocenters. The van der Waals surface area contributed by atoms with Crippen LogP contribution < -0.4 is 10.2 Å². The highest BCUT2D eigenvalue weighted by Crippen LogP contribution is 2.23. The first kappa shape index (κ1) is 18.5. The molecule has 0 bridgehead atoms. The first-order valence-electron chi connectivity index (χ1n) is 9.50. The summed E-state index contributed by atoms with van der Waals surface area (Å²) in [7, 11) is 2.16. The minimum Gasteiger partial charge on any atom is -0.369 e. The summed E-state index contributed by atoms with van der Waals surface area (Å²) in [6.07, 6.45) is 4.74. The zero-order chi connectivity index (χ0) is 18.5. The summed E-state index contributed by atoms with van der Waals surface area (Å²) >= 11 is 0. The highest BCUT2D eigenvalue weighted by molar-refractivity contribution is 5.93. The van der Waals surface area contributed by atoms with Gasteiger partial charge in [-0.15, -0.1) is 0 Å². The van der Waals surface area contributed by atoms with Gasteiger partial charge in [0, 0.05) is 49.9 Å². The number of anilines is 2. The number of carbonyl (C=O) groups excluding carboxylic acids is 1. The fourth-order valence-corrected chi connectivity index (χ4v) is 3.41. The average molecular weight is 354 g/mol. The van der Waals surface area contributed by atoms with Gasteiger partial charge in [0.05, 0.1) is 0 Å². The third-order valence-electron chi connectivity index (χ3n) is 4.99. The van der Waals surface area contributed by atoms with Gasteiger partial charge < -0.3 is 19.7 Å². The van der Waals surface area contributed by atoms with Crippen molar-refractivity contribution in [2.45, 2.75) is 26.3 Å². The third kappa shape index (κ3) is 4.67.